The van der Waals surface area contributed by atoms with Gasteiger partial charge in [-0.1, -0.05) is 11.6 Å². The molecule has 1 atom stereocenters. The summed E-state index contributed by atoms with van der Waals surface area (Å²) in [6.45, 7) is 1.71. The van der Waals surface area contributed by atoms with Crippen LogP contribution in [0.1, 0.15) is 6.92 Å². The van der Waals surface area contributed by atoms with E-state index in [2.05, 4.69) is 20.9 Å². The molecule has 0 aliphatic carbocycles. The van der Waals surface area contributed by atoms with Crippen LogP contribution >= 0.6 is 27.5 Å². The van der Waals surface area contributed by atoms with Crippen LogP contribution in [-0.4, -0.2) is 17.0 Å². The number of hydrogen-bond acceptors (Lipinski definition) is 2. The Morgan fingerprint density at radius 3 is 2.90 bits per heavy atom. The maximum atomic E-state index is 11.0. The Kier molecular flexibility index (Phi) is 2.26. The number of dihydropyridines is 1. The molecule has 1 aliphatic heterocycles. The molecule has 0 aromatic carbocycles. The van der Waals surface area contributed by atoms with Gasteiger partial charge in [0.2, 0.25) is 0 Å². The summed E-state index contributed by atoms with van der Waals surface area (Å²) < 4.78 is 0.500. The molecule has 1 unspecified atom stereocenters. The molecule has 0 saturated heterocycles. The first-order chi connectivity index (χ1) is 4.61. The average Bonchev–Trinajstić information content (AvgIpc) is 1.82. The summed E-state index contributed by atoms with van der Waals surface area (Å²) in [5, 5.41) is 0.374. The fourth-order valence-electron chi connectivity index (χ4n) is 0.656. The number of Topliss-reactive ketones (excluding diaryl/α,β-unsaturated/α-hetero) is 1. The lowest BCUT2D eigenvalue weighted by molar-refractivity contribution is -0.115. The number of carbonyl (C=O) groups is 1. The van der Waals surface area contributed by atoms with Crippen LogP contribution in [0.3, 0.4) is 0 Å². The Hall–Kier alpha value is -0.150. The summed E-state index contributed by atoms with van der Waals surface area (Å²) in [6.07, 6.45) is 1.50. The maximum absolute atomic E-state index is 11.0. The van der Waals surface area contributed by atoms with E-state index in [4.69, 9.17) is 11.6 Å². The Bertz CT molecular complexity index is 234. The highest BCUT2D eigenvalue weighted by Crippen LogP contribution is 2.17. The van der Waals surface area contributed by atoms with Gasteiger partial charge in [0.05, 0.1) is 4.48 Å². The van der Waals surface area contributed by atoms with E-state index in [1.54, 1.807) is 6.92 Å². The highest BCUT2D eigenvalue weighted by molar-refractivity contribution is 9.12. The monoisotopic (exact) mass is 221 g/mol. The standard InChI is InChI=1S/C6H5BrClNO/c1-3-6(10)4(7)2-5(8)9-3/h2-3H,1H3. The molecule has 0 radical (unpaired) electrons. The molecule has 2 nitrogen and oxygen atoms in total. The minimum absolute atomic E-state index is 0.0237. The third-order valence-corrected chi connectivity index (χ3v) is 2.00. The van der Waals surface area contributed by atoms with Crippen LogP contribution in [-0.2, 0) is 4.79 Å². The predicted octanol–water partition coefficient (Wildman–Crippen LogP) is 1.87. The van der Waals surface area contributed by atoms with E-state index in [1.165, 1.54) is 6.08 Å². The summed E-state index contributed by atoms with van der Waals surface area (Å²) in [7, 11) is 0. The van der Waals surface area contributed by atoms with Gasteiger partial charge < -0.3 is 0 Å². The van der Waals surface area contributed by atoms with Crippen LogP contribution in [0.5, 0.6) is 0 Å². The average molecular weight is 222 g/mol. The van der Waals surface area contributed by atoms with Crippen molar-refractivity contribution in [3.63, 3.8) is 0 Å². The van der Waals surface area contributed by atoms with E-state index in [0.717, 1.165) is 0 Å². The van der Waals surface area contributed by atoms with Crippen molar-refractivity contribution in [1.82, 2.24) is 0 Å². The van der Waals surface area contributed by atoms with Crippen molar-refractivity contribution in [2.45, 2.75) is 13.0 Å². The largest absolute Gasteiger partial charge is 0.291 e. The number of nitrogens with zero attached hydrogens (tertiary/aromatic N) is 1. The lowest BCUT2D eigenvalue weighted by atomic mass is 10.2. The quantitative estimate of drug-likeness (QED) is 0.615. The van der Waals surface area contributed by atoms with Crippen LogP contribution < -0.4 is 0 Å². The summed E-state index contributed by atoms with van der Waals surface area (Å²) >= 11 is 8.64. The van der Waals surface area contributed by atoms with Crippen LogP contribution in [0.2, 0.25) is 0 Å². The fourth-order valence-corrected chi connectivity index (χ4v) is 1.59. The first-order valence-electron chi connectivity index (χ1n) is 2.76. The molecule has 54 valence electrons. The normalized spacial score (nSPS) is 25.9. The summed E-state index contributed by atoms with van der Waals surface area (Å²) in [4.78, 5) is 14.8. The van der Waals surface area contributed by atoms with Gasteiger partial charge in [-0.25, -0.2) is 0 Å². The smallest absolute Gasteiger partial charge is 0.194 e. The molecule has 4 heteroatoms. The van der Waals surface area contributed by atoms with Crippen molar-refractivity contribution < 1.29 is 4.79 Å². The highest BCUT2D eigenvalue weighted by atomic mass is 79.9. The third kappa shape index (κ3) is 1.47. The molecule has 0 aromatic rings. The summed E-state index contributed by atoms with van der Waals surface area (Å²) in [5.41, 5.74) is 0. The van der Waals surface area contributed by atoms with Crippen LogP contribution in [0.4, 0.5) is 0 Å². The Morgan fingerprint density at radius 1 is 1.80 bits per heavy atom. The lowest BCUT2D eigenvalue weighted by Crippen LogP contribution is -2.19. The molecule has 0 saturated carbocycles. The van der Waals surface area contributed by atoms with Crippen molar-refractivity contribution >= 4 is 38.5 Å². The number of allylic oxidation sites excluding steroid dienone is 1. The van der Waals surface area contributed by atoms with Gasteiger partial charge in [0.1, 0.15) is 11.2 Å². The Balaban J connectivity index is 2.95. The van der Waals surface area contributed by atoms with Gasteiger partial charge in [0.25, 0.3) is 0 Å². The van der Waals surface area contributed by atoms with Crippen LogP contribution in [0.15, 0.2) is 15.6 Å². The minimum Gasteiger partial charge on any atom is -0.291 e. The first-order valence-corrected chi connectivity index (χ1v) is 3.93. The van der Waals surface area contributed by atoms with Crippen molar-refractivity contribution in [2.75, 3.05) is 0 Å². The second kappa shape index (κ2) is 2.84. The van der Waals surface area contributed by atoms with Gasteiger partial charge in [0, 0.05) is 0 Å². The summed E-state index contributed by atoms with van der Waals surface area (Å²) in [5.74, 6) is -0.0237. The van der Waals surface area contributed by atoms with Gasteiger partial charge in [0.15, 0.2) is 5.78 Å². The molecule has 10 heavy (non-hydrogen) atoms. The zero-order valence-electron chi connectivity index (χ0n) is 5.27. The molecular weight excluding hydrogens is 217 g/mol. The third-order valence-electron chi connectivity index (χ3n) is 1.18. The number of aliphatic imine (C=N–C) groups is 1. The van der Waals surface area contributed by atoms with Gasteiger partial charge in [-0.15, -0.1) is 0 Å². The molecule has 0 bridgehead atoms. The molecule has 1 heterocycles. The zero-order chi connectivity index (χ0) is 7.72. The summed E-state index contributed by atoms with van der Waals surface area (Å²) in [6, 6.07) is -0.341. The predicted molar refractivity (Wildman–Crippen MR) is 44.8 cm³/mol. The van der Waals surface area contributed by atoms with E-state index >= 15 is 0 Å². The van der Waals surface area contributed by atoms with Gasteiger partial charge >= 0.3 is 0 Å². The second-order valence-corrected chi connectivity index (χ2v) is 3.23. The zero-order valence-corrected chi connectivity index (χ0v) is 7.61. The van der Waals surface area contributed by atoms with E-state index in [-0.39, 0.29) is 11.8 Å². The molecule has 0 spiro atoms. The van der Waals surface area contributed by atoms with Crippen LogP contribution in [0, 0.1) is 0 Å². The van der Waals surface area contributed by atoms with Crippen LogP contribution in [0.25, 0.3) is 0 Å². The topological polar surface area (TPSA) is 29.4 Å². The number of carbonyl (C=O) groups excluding carboxylic acids is 1. The first kappa shape index (κ1) is 7.95. The minimum atomic E-state index is -0.341. The molecular formula is C6H5BrClNO. The van der Waals surface area contributed by atoms with E-state index in [0.29, 0.717) is 9.65 Å². The van der Waals surface area contributed by atoms with Crippen molar-refractivity contribution in [3.05, 3.63) is 10.6 Å². The van der Waals surface area contributed by atoms with E-state index in [1.807, 2.05) is 0 Å². The van der Waals surface area contributed by atoms with Crippen molar-refractivity contribution in [1.29, 1.82) is 0 Å². The molecule has 0 aromatic heterocycles. The molecule has 0 amide bonds. The lowest BCUT2D eigenvalue weighted by Gasteiger charge is -2.08. The molecule has 1 rings (SSSR count). The Labute approximate surface area is 72.1 Å². The Morgan fingerprint density at radius 2 is 2.40 bits per heavy atom. The fraction of sp³-hybridized carbons (Fsp3) is 0.333. The highest BCUT2D eigenvalue weighted by Gasteiger charge is 2.19. The van der Waals surface area contributed by atoms with Gasteiger partial charge in [-0.2, -0.15) is 0 Å². The number of rotatable bonds is 0. The second-order valence-electron chi connectivity index (χ2n) is 1.98. The van der Waals surface area contributed by atoms with Gasteiger partial charge in [-0.3, -0.25) is 9.79 Å². The number of ketones is 1. The van der Waals surface area contributed by atoms with Crippen molar-refractivity contribution in [2.24, 2.45) is 4.99 Å². The SMILES string of the molecule is CC1N=C(Cl)C=C(Br)C1=O. The number of halogens is 2. The number of hydrogen-bond donors (Lipinski definition) is 0. The van der Waals surface area contributed by atoms with Gasteiger partial charge in [-0.05, 0) is 28.9 Å². The molecule has 1 aliphatic rings. The van der Waals surface area contributed by atoms with Crippen molar-refractivity contribution in [3.8, 4) is 0 Å². The molecule has 0 fully saturated rings. The van der Waals surface area contributed by atoms with E-state index in [9.17, 15) is 4.79 Å². The maximum Gasteiger partial charge on any atom is 0.194 e. The van der Waals surface area contributed by atoms with E-state index < -0.39 is 0 Å². The molecule has 0 N–H and O–H groups in total.